The minimum atomic E-state index is 1.09. The third-order valence-corrected chi connectivity index (χ3v) is 11.4. The summed E-state index contributed by atoms with van der Waals surface area (Å²) in [6, 6.07) is 80.5. The van der Waals surface area contributed by atoms with Gasteiger partial charge in [0, 0.05) is 65.4 Å². The van der Waals surface area contributed by atoms with Gasteiger partial charge in [-0.15, -0.1) is 11.3 Å². The van der Waals surface area contributed by atoms with Crippen molar-refractivity contribution in [1.82, 2.24) is 0 Å². The summed E-state index contributed by atoms with van der Waals surface area (Å²) in [7, 11) is 0. The summed E-state index contributed by atoms with van der Waals surface area (Å²) in [5, 5.41) is 4.84. The Bertz CT molecular complexity index is 2780. The molecular formula is C52H37N3S. The van der Waals surface area contributed by atoms with Crippen molar-refractivity contribution < 1.29 is 0 Å². The van der Waals surface area contributed by atoms with Gasteiger partial charge >= 0.3 is 0 Å². The third-order valence-electron chi connectivity index (χ3n) is 10.3. The molecule has 10 aromatic rings. The summed E-state index contributed by atoms with van der Waals surface area (Å²) < 4.78 is 2.44. The first-order chi connectivity index (χ1) is 27.8. The van der Waals surface area contributed by atoms with E-state index >= 15 is 0 Å². The largest absolute Gasteiger partial charge is 0.310 e. The number of hydrogen-bond donors (Lipinski definition) is 0. The molecule has 3 nitrogen and oxygen atoms in total. The van der Waals surface area contributed by atoms with Crippen LogP contribution in [0.3, 0.4) is 0 Å². The molecule has 0 saturated carbocycles. The normalized spacial score (nSPS) is 11.2. The molecule has 266 valence electrons. The Labute approximate surface area is 331 Å². The summed E-state index contributed by atoms with van der Waals surface area (Å²) in [5.41, 5.74) is 9.95. The quantitative estimate of drug-likeness (QED) is 0.146. The van der Waals surface area contributed by atoms with Gasteiger partial charge in [-0.25, -0.2) is 0 Å². The van der Waals surface area contributed by atoms with E-state index in [2.05, 4.69) is 239 Å². The van der Waals surface area contributed by atoms with Gasteiger partial charge in [0.05, 0.1) is 11.4 Å². The minimum Gasteiger partial charge on any atom is -0.310 e. The molecule has 0 saturated heterocycles. The first-order valence-electron chi connectivity index (χ1n) is 18.9. The fraction of sp³-hybridized carbons (Fsp3) is 0. The second-order valence-corrected chi connectivity index (χ2v) is 14.9. The Balaban J connectivity index is 1.38. The number of hydrogen-bond acceptors (Lipinski definition) is 4. The van der Waals surface area contributed by atoms with E-state index in [9.17, 15) is 0 Å². The summed E-state index contributed by atoms with van der Waals surface area (Å²) in [6.45, 7) is 0. The number of rotatable bonds is 9. The fourth-order valence-electron chi connectivity index (χ4n) is 7.94. The van der Waals surface area contributed by atoms with Gasteiger partial charge in [-0.1, -0.05) is 133 Å². The Morgan fingerprint density at radius 3 is 1.12 bits per heavy atom. The Hall–Kier alpha value is -7.14. The number of nitrogens with zero attached hydrogens (tertiary/aromatic N) is 3. The van der Waals surface area contributed by atoms with Crippen molar-refractivity contribution in [1.29, 1.82) is 0 Å². The Morgan fingerprint density at radius 2 is 0.661 bits per heavy atom. The SMILES string of the molecule is c1ccc(N(c2ccccc2)c2cc(N(c3ccccc3)c3ccccc3)c3c(c2)sc2cc4ccccc4c(N(c4ccccc4)c4ccccc4)c23)cc1. The highest BCUT2D eigenvalue weighted by Gasteiger charge is 2.27. The van der Waals surface area contributed by atoms with Crippen molar-refractivity contribution >= 4 is 93.5 Å². The molecule has 1 aromatic heterocycles. The molecule has 9 aromatic carbocycles. The molecule has 0 aliphatic carbocycles. The van der Waals surface area contributed by atoms with Gasteiger partial charge in [0.2, 0.25) is 0 Å². The van der Waals surface area contributed by atoms with Gasteiger partial charge < -0.3 is 14.7 Å². The number of benzene rings is 9. The van der Waals surface area contributed by atoms with Crippen LogP contribution in [0.2, 0.25) is 0 Å². The third kappa shape index (κ3) is 6.03. The molecule has 4 heteroatoms. The summed E-state index contributed by atoms with van der Waals surface area (Å²) in [5.74, 6) is 0. The highest BCUT2D eigenvalue weighted by atomic mass is 32.1. The maximum Gasteiger partial charge on any atom is 0.0633 e. The lowest BCUT2D eigenvalue weighted by Gasteiger charge is -2.31. The molecule has 0 spiro atoms. The Kier molecular flexibility index (Phi) is 8.71. The minimum absolute atomic E-state index is 1.09. The molecule has 0 aliphatic rings. The van der Waals surface area contributed by atoms with Gasteiger partial charge in [-0.3, -0.25) is 0 Å². The van der Waals surface area contributed by atoms with Crippen LogP contribution in [0.15, 0.2) is 224 Å². The molecule has 10 rings (SSSR count). The van der Waals surface area contributed by atoms with E-state index < -0.39 is 0 Å². The summed E-state index contributed by atoms with van der Waals surface area (Å²) in [6.07, 6.45) is 0. The molecular weight excluding hydrogens is 699 g/mol. The van der Waals surface area contributed by atoms with Crippen molar-refractivity contribution in [2.45, 2.75) is 0 Å². The predicted molar refractivity (Wildman–Crippen MR) is 241 cm³/mol. The molecule has 1 heterocycles. The van der Waals surface area contributed by atoms with Crippen molar-refractivity contribution in [2.75, 3.05) is 14.7 Å². The van der Waals surface area contributed by atoms with Crippen LogP contribution in [0.25, 0.3) is 30.9 Å². The average molecular weight is 736 g/mol. The average Bonchev–Trinajstić information content (AvgIpc) is 3.64. The Morgan fingerprint density at radius 1 is 0.286 bits per heavy atom. The molecule has 0 fully saturated rings. The van der Waals surface area contributed by atoms with E-state index in [1.54, 1.807) is 0 Å². The van der Waals surface area contributed by atoms with Gasteiger partial charge in [0.1, 0.15) is 0 Å². The van der Waals surface area contributed by atoms with Crippen LogP contribution >= 0.6 is 11.3 Å². The highest BCUT2D eigenvalue weighted by molar-refractivity contribution is 7.26. The van der Waals surface area contributed by atoms with E-state index in [1.165, 1.54) is 36.6 Å². The first kappa shape index (κ1) is 33.4. The lowest BCUT2D eigenvalue weighted by Crippen LogP contribution is -2.14. The lowest BCUT2D eigenvalue weighted by molar-refractivity contribution is 1.26. The molecule has 0 atom stereocenters. The van der Waals surface area contributed by atoms with E-state index in [0.29, 0.717) is 0 Å². The zero-order valence-corrected chi connectivity index (χ0v) is 31.4. The summed E-state index contributed by atoms with van der Waals surface area (Å²) >= 11 is 1.86. The molecule has 0 N–H and O–H groups in total. The van der Waals surface area contributed by atoms with E-state index in [0.717, 1.165) is 45.5 Å². The molecule has 0 unspecified atom stereocenters. The lowest BCUT2D eigenvalue weighted by atomic mass is 9.99. The zero-order valence-electron chi connectivity index (χ0n) is 30.6. The molecule has 0 aliphatic heterocycles. The molecule has 56 heavy (non-hydrogen) atoms. The van der Waals surface area contributed by atoms with Crippen LogP contribution in [-0.4, -0.2) is 0 Å². The molecule has 0 amide bonds. The second-order valence-electron chi connectivity index (χ2n) is 13.8. The van der Waals surface area contributed by atoms with Crippen LogP contribution in [0.5, 0.6) is 0 Å². The van der Waals surface area contributed by atoms with E-state index in [1.807, 2.05) is 11.3 Å². The van der Waals surface area contributed by atoms with Crippen molar-refractivity contribution in [3.05, 3.63) is 224 Å². The molecule has 0 bridgehead atoms. The number of thiophene rings is 1. The molecule has 0 radical (unpaired) electrons. The van der Waals surface area contributed by atoms with Crippen LogP contribution in [0.4, 0.5) is 51.2 Å². The van der Waals surface area contributed by atoms with Crippen molar-refractivity contribution in [3.8, 4) is 0 Å². The van der Waals surface area contributed by atoms with Crippen molar-refractivity contribution in [2.24, 2.45) is 0 Å². The topological polar surface area (TPSA) is 9.72 Å². The maximum atomic E-state index is 2.45. The van der Waals surface area contributed by atoms with Gasteiger partial charge in [-0.05, 0) is 96.4 Å². The number of anilines is 9. The predicted octanol–water partition coefficient (Wildman–Crippen LogP) is 15.6. The maximum absolute atomic E-state index is 2.45. The fourth-order valence-corrected chi connectivity index (χ4v) is 9.16. The van der Waals surface area contributed by atoms with E-state index in [4.69, 9.17) is 0 Å². The standard InChI is InChI=1S/C52H37N3S/c1-7-22-39(23-8-1)53(40-24-9-2-10-25-40)45-36-47(54(41-26-11-3-12-27-41)42-28-13-4-14-29-42)50-49(37-45)56-48-35-38-21-19-20-34-46(38)52(51(48)50)55(43-30-15-5-16-31-43)44-32-17-6-18-33-44/h1-37H. The smallest absolute Gasteiger partial charge is 0.0633 e. The van der Waals surface area contributed by atoms with Crippen LogP contribution in [0, 0.1) is 0 Å². The summed E-state index contributed by atoms with van der Waals surface area (Å²) in [4.78, 5) is 7.25. The van der Waals surface area contributed by atoms with Gasteiger partial charge in [-0.2, -0.15) is 0 Å². The van der Waals surface area contributed by atoms with Gasteiger partial charge in [0.25, 0.3) is 0 Å². The van der Waals surface area contributed by atoms with Gasteiger partial charge in [0.15, 0.2) is 0 Å². The highest BCUT2D eigenvalue weighted by Crippen LogP contribution is 2.54. The first-order valence-corrected chi connectivity index (χ1v) is 19.8. The van der Waals surface area contributed by atoms with Crippen molar-refractivity contribution in [3.63, 3.8) is 0 Å². The monoisotopic (exact) mass is 735 g/mol. The van der Waals surface area contributed by atoms with Crippen LogP contribution in [0.1, 0.15) is 0 Å². The van der Waals surface area contributed by atoms with Crippen LogP contribution < -0.4 is 14.7 Å². The number of fused-ring (bicyclic) bond motifs is 4. The van der Waals surface area contributed by atoms with E-state index in [-0.39, 0.29) is 0 Å². The number of para-hydroxylation sites is 6. The van der Waals surface area contributed by atoms with Crippen LogP contribution in [-0.2, 0) is 0 Å². The second kappa shape index (κ2) is 14.6. The zero-order chi connectivity index (χ0) is 37.3.